The SMILES string of the molecule is CCC.Cc1nc(NCc2cnn(Cc3ccnc(Cl)c3)c2)nc2c1NC(=O)CN2C. The number of aromatic nitrogens is 5. The third-order valence-corrected chi connectivity index (χ3v) is 4.56. The minimum Gasteiger partial charge on any atom is -0.350 e. The number of anilines is 3. The molecule has 3 aromatic rings. The van der Waals surface area contributed by atoms with Crippen LogP contribution in [-0.2, 0) is 17.9 Å². The maximum absolute atomic E-state index is 11.7. The monoisotopic (exact) mass is 442 g/mol. The van der Waals surface area contributed by atoms with Crippen LogP contribution in [0.3, 0.4) is 0 Å². The van der Waals surface area contributed by atoms with Gasteiger partial charge in [-0.25, -0.2) is 9.97 Å². The highest BCUT2D eigenvalue weighted by Crippen LogP contribution is 2.29. The smallest absolute Gasteiger partial charge is 0.244 e. The van der Waals surface area contributed by atoms with Crippen molar-refractivity contribution in [2.24, 2.45) is 0 Å². The van der Waals surface area contributed by atoms with Gasteiger partial charge in [-0.05, 0) is 24.6 Å². The van der Waals surface area contributed by atoms with Crippen LogP contribution in [0.25, 0.3) is 0 Å². The first-order valence-electron chi connectivity index (χ1n) is 10.1. The van der Waals surface area contributed by atoms with Gasteiger partial charge in [0.05, 0.1) is 25.0 Å². The van der Waals surface area contributed by atoms with Crippen LogP contribution in [0, 0.1) is 6.92 Å². The van der Waals surface area contributed by atoms with E-state index in [0.29, 0.717) is 35.7 Å². The molecule has 0 fully saturated rings. The van der Waals surface area contributed by atoms with Gasteiger partial charge in [0.2, 0.25) is 11.9 Å². The van der Waals surface area contributed by atoms with E-state index >= 15 is 0 Å². The van der Waals surface area contributed by atoms with Gasteiger partial charge in [0.25, 0.3) is 0 Å². The zero-order chi connectivity index (χ0) is 22.4. The minimum atomic E-state index is -0.0645. The van der Waals surface area contributed by atoms with E-state index in [9.17, 15) is 4.79 Å². The number of carbonyl (C=O) groups excluding carboxylic acids is 1. The Morgan fingerprint density at radius 1 is 1.26 bits per heavy atom. The van der Waals surface area contributed by atoms with E-state index in [1.165, 1.54) is 6.42 Å². The predicted octanol–water partition coefficient (Wildman–Crippen LogP) is 3.49. The van der Waals surface area contributed by atoms with Gasteiger partial charge in [0.1, 0.15) is 10.8 Å². The van der Waals surface area contributed by atoms with Crippen LogP contribution in [-0.4, -0.2) is 44.2 Å². The van der Waals surface area contributed by atoms with Crippen molar-refractivity contribution in [2.45, 2.75) is 40.3 Å². The molecule has 0 saturated carbocycles. The second-order valence-electron chi connectivity index (χ2n) is 7.33. The number of nitrogens with one attached hydrogen (secondary N) is 2. The van der Waals surface area contributed by atoms with E-state index in [1.807, 2.05) is 41.9 Å². The van der Waals surface area contributed by atoms with Gasteiger partial charge in [0.15, 0.2) is 5.82 Å². The third-order valence-electron chi connectivity index (χ3n) is 4.35. The Morgan fingerprint density at radius 3 is 2.77 bits per heavy atom. The minimum absolute atomic E-state index is 0.0645. The summed E-state index contributed by atoms with van der Waals surface area (Å²) in [7, 11) is 1.84. The molecule has 4 heterocycles. The van der Waals surface area contributed by atoms with Crippen LogP contribution >= 0.6 is 11.6 Å². The number of nitrogens with zero attached hydrogens (tertiary/aromatic N) is 6. The molecule has 0 unspecified atom stereocenters. The Bertz CT molecular complexity index is 1050. The molecular weight excluding hydrogens is 416 g/mol. The molecule has 0 aliphatic carbocycles. The highest BCUT2D eigenvalue weighted by atomic mass is 35.5. The van der Waals surface area contributed by atoms with Crippen LogP contribution in [0.4, 0.5) is 17.5 Å². The van der Waals surface area contributed by atoms with Crippen molar-refractivity contribution >= 4 is 35.0 Å². The number of rotatable bonds is 5. The number of hydrogen-bond donors (Lipinski definition) is 2. The zero-order valence-electron chi connectivity index (χ0n) is 18.2. The van der Waals surface area contributed by atoms with Gasteiger partial charge in [-0.3, -0.25) is 9.48 Å². The molecule has 1 aliphatic heterocycles. The number of fused-ring (bicyclic) bond motifs is 1. The lowest BCUT2D eigenvalue weighted by Gasteiger charge is -2.27. The summed E-state index contributed by atoms with van der Waals surface area (Å²) in [6, 6.07) is 3.73. The molecule has 4 rings (SSSR count). The molecule has 0 bridgehead atoms. The van der Waals surface area contributed by atoms with Crippen molar-refractivity contribution in [2.75, 3.05) is 29.1 Å². The second kappa shape index (κ2) is 10.2. The van der Waals surface area contributed by atoms with E-state index in [-0.39, 0.29) is 12.5 Å². The van der Waals surface area contributed by atoms with E-state index in [2.05, 4.69) is 44.5 Å². The zero-order valence-corrected chi connectivity index (χ0v) is 18.9. The van der Waals surface area contributed by atoms with Crippen molar-refractivity contribution < 1.29 is 4.79 Å². The summed E-state index contributed by atoms with van der Waals surface area (Å²) >= 11 is 5.92. The number of carbonyl (C=O) groups is 1. The first kappa shape index (κ1) is 22.5. The second-order valence-corrected chi connectivity index (χ2v) is 7.72. The fourth-order valence-corrected chi connectivity index (χ4v) is 3.22. The highest BCUT2D eigenvalue weighted by Gasteiger charge is 2.23. The Balaban J connectivity index is 0.000000858. The summed E-state index contributed by atoms with van der Waals surface area (Å²) < 4.78 is 1.84. The molecule has 0 saturated heterocycles. The van der Waals surface area contributed by atoms with Gasteiger partial charge >= 0.3 is 0 Å². The predicted molar refractivity (Wildman–Crippen MR) is 123 cm³/mol. The van der Waals surface area contributed by atoms with Crippen molar-refractivity contribution in [3.8, 4) is 0 Å². The van der Waals surface area contributed by atoms with Crippen molar-refractivity contribution in [3.63, 3.8) is 0 Å². The number of amides is 1. The molecule has 0 radical (unpaired) electrons. The molecule has 3 aromatic heterocycles. The first-order valence-corrected chi connectivity index (χ1v) is 10.5. The molecule has 9 nitrogen and oxygen atoms in total. The van der Waals surface area contributed by atoms with Crippen LogP contribution < -0.4 is 15.5 Å². The molecule has 10 heteroatoms. The standard InChI is InChI=1S/C18H19ClN8O.C3H8/c1-11-16-17(26(2)10-15(28)24-16)25-18(23-11)21-6-13-7-22-27(9-13)8-12-3-4-20-14(19)5-12;1-3-2/h3-5,7,9H,6,8,10H2,1-2H3,(H,24,28)(H,21,23,25);3H2,1-2H3. The first-order chi connectivity index (χ1) is 14.9. The van der Waals surface area contributed by atoms with E-state index < -0.39 is 0 Å². The molecular formula is C21H27ClN8O. The Morgan fingerprint density at radius 2 is 2.03 bits per heavy atom. The summed E-state index contributed by atoms with van der Waals surface area (Å²) in [5.41, 5.74) is 3.41. The van der Waals surface area contributed by atoms with Crippen LogP contribution in [0.15, 0.2) is 30.7 Å². The largest absolute Gasteiger partial charge is 0.350 e. The molecule has 0 spiro atoms. The van der Waals surface area contributed by atoms with Gasteiger partial charge in [-0.1, -0.05) is 31.9 Å². The van der Waals surface area contributed by atoms with Crippen LogP contribution in [0.5, 0.6) is 0 Å². The maximum atomic E-state index is 11.7. The van der Waals surface area contributed by atoms with Gasteiger partial charge in [-0.2, -0.15) is 10.1 Å². The third kappa shape index (κ3) is 5.91. The van der Waals surface area contributed by atoms with E-state index in [0.717, 1.165) is 16.8 Å². The number of hydrogen-bond acceptors (Lipinski definition) is 7. The number of likely N-dealkylation sites (N-methyl/N-ethyl adjacent to an activating group) is 1. The normalized spacial score (nSPS) is 12.5. The average molecular weight is 443 g/mol. The van der Waals surface area contributed by atoms with Crippen molar-refractivity contribution in [3.05, 3.63) is 52.7 Å². The summed E-state index contributed by atoms with van der Waals surface area (Å²) in [4.78, 5) is 26.5. The average Bonchev–Trinajstić information content (AvgIpc) is 3.15. The van der Waals surface area contributed by atoms with Crippen molar-refractivity contribution in [1.82, 2.24) is 24.7 Å². The Labute approximate surface area is 186 Å². The molecule has 0 atom stereocenters. The Hall–Kier alpha value is -3.20. The lowest BCUT2D eigenvalue weighted by molar-refractivity contribution is -0.115. The maximum Gasteiger partial charge on any atom is 0.244 e. The van der Waals surface area contributed by atoms with Gasteiger partial charge in [0, 0.05) is 31.5 Å². The highest BCUT2D eigenvalue weighted by molar-refractivity contribution is 6.29. The van der Waals surface area contributed by atoms with Gasteiger partial charge in [-0.15, -0.1) is 0 Å². The fourth-order valence-electron chi connectivity index (χ4n) is 3.02. The van der Waals surface area contributed by atoms with Gasteiger partial charge < -0.3 is 15.5 Å². The molecule has 0 aromatic carbocycles. The topological polar surface area (TPSA) is 101 Å². The van der Waals surface area contributed by atoms with Crippen LogP contribution in [0.1, 0.15) is 37.1 Å². The summed E-state index contributed by atoms with van der Waals surface area (Å²) in [6.07, 6.45) is 6.69. The fraction of sp³-hybridized carbons (Fsp3) is 0.381. The number of aryl methyl sites for hydroxylation is 1. The Kier molecular flexibility index (Phi) is 7.41. The van der Waals surface area contributed by atoms with E-state index in [1.54, 1.807) is 12.4 Å². The molecule has 31 heavy (non-hydrogen) atoms. The summed E-state index contributed by atoms with van der Waals surface area (Å²) in [5.74, 6) is 1.15. The molecule has 1 amide bonds. The number of halogens is 1. The molecule has 164 valence electrons. The van der Waals surface area contributed by atoms with Crippen molar-refractivity contribution in [1.29, 1.82) is 0 Å². The van der Waals surface area contributed by atoms with E-state index in [4.69, 9.17) is 11.6 Å². The number of pyridine rings is 1. The molecule has 2 N–H and O–H groups in total. The summed E-state index contributed by atoms with van der Waals surface area (Å²) in [6.45, 7) is 7.52. The van der Waals surface area contributed by atoms with Crippen LogP contribution in [0.2, 0.25) is 5.15 Å². The summed E-state index contributed by atoms with van der Waals surface area (Å²) in [5, 5.41) is 10.9. The quantitative estimate of drug-likeness (QED) is 0.583. The molecule has 1 aliphatic rings. The lowest BCUT2D eigenvalue weighted by atomic mass is 10.2. The lowest BCUT2D eigenvalue weighted by Crippen LogP contribution is -2.36.